The van der Waals surface area contributed by atoms with E-state index < -0.39 is 17.6 Å². The summed E-state index contributed by atoms with van der Waals surface area (Å²) in [4.78, 5) is 34.2. The summed E-state index contributed by atoms with van der Waals surface area (Å²) in [7, 11) is 0. The van der Waals surface area contributed by atoms with E-state index in [0.29, 0.717) is 13.0 Å². The van der Waals surface area contributed by atoms with E-state index in [0.717, 1.165) is 19.1 Å². The van der Waals surface area contributed by atoms with E-state index in [2.05, 4.69) is 15.1 Å². The highest BCUT2D eigenvalue weighted by Crippen LogP contribution is 2.06. The zero-order chi connectivity index (χ0) is 13.0. The lowest BCUT2D eigenvalue weighted by atomic mass is 10.1. The van der Waals surface area contributed by atoms with E-state index >= 15 is 0 Å². The first-order chi connectivity index (χ1) is 8.66. The SMILES string of the molecule is O=C(N[C@H]1CCCCNC1=O)c1ccc(=O)oc1. The van der Waals surface area contributed by atoms with Gasteiger partial charge in [-0.05, 0) is 25.3 Å². The van der Waals surface area contributed by atoms with Crippen LogP contribution in [0.15, 0.2) is 27.6 Å². The van der Waals surface area contributed by atoms with Crippen LogP contribution in [0.4, 0.5) is 0 Å². The van der Waals surface area contributed by atoms with Crippen LogP contribution < -0.4 is 16.3 Å². The molecule has 6 nitrogen and oxygen atoms in total. The molecule has 1 aromatic rings. The first-order valence-corrected chi connectivity index (χ1v) is 5.84. The molecule has 1 aliphatic rings. The third kappa shape index (κ3) is 2.97. The Morgan fingerprint density at radius 1 is 1.33 bits per heavy atom. The van der Waals surface area contributed by atoms with Crippen molar-refractivity contribution in [2.24, 2.45) is 0 Å². The van der Waals surface area contributed by atoms with Gasteiger partial charge in [0.25, 0.3) is 5.91 Å². The summed E-state index contributed by atoms with van der Waals surface area (Å²) in [5, 5.41) is 5.36. The molecule has 6 heteroatoms. The molecule has 0 radical (unpaired) electrons. The molecule has 96 valence electrons. The van der Waals surface area contributed by atoms with Gasteiger partial charge >= 0.3 is 5.63 Å². The van der Waals surface area contributed by atoms with Crippen molar-refractivity contribution in [1.29, 1.82) is 0 Å². The van der Waals surface area contributed by atoms with Crippen molar-refractivity contribution >= 4 is 11.8 Å². The number of nitrogens with one attached hydrogen (secondary N) is 2. The summed E-state index contributed by atoms with van der Waals surface area (Å²) in [6.07, 6.45) is 3.51. The molecule has 2 N–H and O–H groups in total. The van der Waals surface area contributed by atoms with E-state index in [1.807, 2.05) is 0 Å². The summed E-state index contributed by atoms with van der Waals surface area (Å²) in [5.41, 5.74) is -0.287. The van der Waals surface area contributed by atoms with Crippen LogP contribution in [0.2, 0.25) is 0 Å². The van der Waals surface area contributed by atoms with Gasteiger partial charge in [0.1, 0.15) is 12.3 Å². The Hall–Kier alpha value is -2.11. The third-order valence-electron chi connectivity index (χ3n) is 2.80. The van der Waals surface area contributed by atoms with E-state index in [4.69, 9.17) is 0 Å². The predicted octanol–water partition coefficient (Wildman–Crippen LogP) is 0.0383. The molecule has 0 aromatic carbocycles. The Labute approximate surface area is 103 Å². The van der Waals surface area contributed by atoms with Crippen molar-refractivity contribution in [1.82, 2.24) is 10.6 Å². The molecule has 0 bridgehead atoms. The van der Waals surface area contributed by atoms with Gasteiger partial charge in [0.05, 0.1) is 5.56 Å². The van der Waals surface area contributed by atoms with Crippen molar-refractivity contribution < 1.29 is 14.0 Å². The molecule has 0 spiro atoms. The Kier molecular flexibility index (Phi) is 3.76. The van der Waals surface area contributed by atoms with Gasteiger partial charge in [-0.1, -0.05) is 0 Å². The first-order valence-electron chi connectivity index (χ1n) is 5.84. The average molecular weight is 250 g/mol. The summed E-state index contributed by atoms with van der Waals surface area (Å²) in [5.74, 6) is -0.584. The normalized spacial score (nSPS) is 19.8. The van der Waals surface area contributed by atoms with Crippen LogP contribution in [0, 0.1) is 0 Å². The molecular formula is C12H14N2O4. The van der Waals surface area contributed by atoms with Gasteiger partial charge in [0, 0.05) is 12.6 Å². The summed E-state index contributed by atoms with van der Waals surface area (Å²) in [6, 6.07) is 2.02. The first kappa shape index (κ1) is 12.3. The lowest BCUT2D eigenvalue weighted by Crippen LogP contribution is -2.45. The van der Waals surface area contributed by atoms with Gasteiger partial charge in [-0.3, -0.25) is 9.59 Å². The van der Waals surface area contributed by atoms with Gasteiger partial charge in [-0.15, -0.1) is 0 Å². The second kappa shape index (κ2) is 5.48. The number of carbonyl (C=O) groups excluding carboxylic acids is 2. The fourth-order valence-electron chi connectivity index (χ4n) is 1.81. The summed E-state index contributed by atoms with van der Waals surface area (Å²) in [6.45, 7) is 0.644. The average Bonchev–Trinajstić information content (AvgIpc) is 2.56. The second-order valence-electron chi connectivity index (χ2n) is 4.16. The number of carbonyl (C=O) groups is 2. The molecule has 1 fully saturated rings. The van der Waals surface area contributed by atoms with Crippen LogP contribution in [0.25, 0.3) is 0 Å². The van der Waals surface area contributed by atoms with Crippen LogP contribution in [0.1, 0.15) is 29.6 Å². The van der Waals surface area contributed by atoms with E-state index in [1.165, 1.54) is 12.1 Å². The van der Waals surface area contributed by atoms with Crippen molar-refractivity contribution in [3.8, 4) is 0 Å². The standard InChI is InChI=1S/C12H14N2O4/c15-10-5-4-8(7-18-10)11(16)14-9-3-1-2-6-13-12(9)17/h4-5,7,9H,1-3,6H2,(H,13,17)(H,14,16)/t9-/m0/s1. The maximum absolute atomic E-state index is 11.8. The van der Waals surface area contributed by atoms with Crippen molar-refractivity contribution in [3.63, 3.8) is 0 Å². The molecule has 0 saturated carbocycles. The Balaban J connectivity index is 2.03. The molecule has 1 atom stereocenters. The number of amides is 2. The number of hydrogen-bond acceptors (Lipinski definition) is 4. The molecule has 0 aliphatic carbocycles. The van der Waals surface area contributed by atoms with Crippen LogP contribution in [-0.2, 0) is 4.79 Å². The van der Waals surface area contributed by atoms with Gasteiger partial charge in [-0.25, -0.2) is 4.79 Å². The van der Waals surface area contributed by atoms with Crippen molar-refractivity contribution in [2.45, 2.75) is 25.3 Å². The minimum Gasteiger partial charge on any atom is -0.430 e. The molecule has 2 amide bonds. The van der Waals surface area contributed by atoms with Crippen LogP contribution in [0.5, 0.6) is 0 Å². The Bertz CT molecular complexity index is 489. The molecule has 18 heavy (non-hydrogen) atoms. The quantitative estimate of drug-likeness (QED) is 0.775. The van der Waals surface area contributed by atoms with Crippen molar-refractivity contribution in [3.05, 3.63) is 34.4 Å². The smallest absolute Gasteiger partial charge is 0.335 e. The zero-order valence-electron chi connectivity index (χ0n) is 9.77. The fraction of sp³-hybridized carbons (Fsp3) is 0.417. The monoisotopic (exact) mass is 250 g/mol. The highest BCUT2D eigenvalue weighted by Gasteiger charge is 2.22. The molecule has 0 unspecified atom stereocenters. The van der Waals surface area contributed by atoms with Gasteiger partial charge in [0.15, 0.2) is 0 Å². The summed E-state index contributed by atoms with van der Waals surface area (Å²) < 4.78 is 4.60. The largest absolute Gasteiger partial charge is 0.430 e. The Morgan fingerprint density at radius 2 is 2.17 bits per heavy atom. The van der Waals surface area contributed by atoms with Crippen LogP contribution in [-0.4, -0.2) is 24.4 Å². The molecule has 1 aromatic heterocycles. The molecule has 1 saturated heterocycles. The minimum atomic E-state index is -0.521. The minimum absolute atomic E-state index is 0.168. The second-order valence-corrected chi connectivity index (χ2v) is 4.16. The van der Waals surface area contributed by atoms with Gasteiger partial charge in [0.2, 0.25) is 5.91 Å². The van der Waals surface area contributed by atoms with E-state index in [1.54, 1.807) is 0 Å². The lowest BCUT2D eigenvalue weighted by Gasteiger charge is -2.14. The van der Waals surface area contributed by atoms with Crippen molar-refractivity contribution in [2.75, 3.05) is 6.54 Å². The highest BCUT2D eigenvalue weighted by atomic mass is 16.4. The predicted molar refractivity (Wildman–Crippen MR) is 63.1 cm³/mol. The van der Waals surface area contributed by atoms with Gasteiger partial charge < -0.3 is 15.1 Å². The fourth-order valence-corrected chi connectivity index (χ4v) is 1.81. The summed E-state index contributed by atoms with van der Waals surface area (Å²) >= 11 is 0. The lowest BCUT2D eigenvalue weighted by molar-refractivity contribution is -0.122. The maximum Gasteiger partial charge on any atom is 0.335 e. The zero-order valence-corrected chi connectivity index (χ0v) is 9.77. The molecule has 2 rings (SSSR count). The molecule has 2 heterocycles. The van der Waals surface area contributed by atoms with Crippen LogP contribution in [0.3, 0.4) is 0 Å². The molecule has 1 aliphatic heterocycles. The molecular weight excluding hydrogens is 236 g/mol. The maximum atomic E-state index is 11.8. The van der Waals surface area contributed by atoms with E-state index in [-0.39, 0.29) is 11.5 Å². The third-order valence-corrected chi connectivity index (χ3v) is 2.80. The highest BCUT2D eigenvalue weighted by molar-refractivity contribution is 5.97. The van der Waals surface area contributed by atoms with Gasteiger partial charge in [-0.2, -0.15) is 0 Å². The topological polar surface area (TPSA) is 88.4 Å². The Morgan fingerprint density at radius 3 is 2.89 bits per heavy atom. The van der Waals surface area contributed by atoms with E-state index in [9.17, 15) is 14.4 Å². The van der Waals surface area contributed by atoms with Crippen LogP contribution >= 0.6 is 0 Å². The number of hydrogen-bond donors (Lipinski definition) is 2. The number of rotatable bonds is 2.